The lowest BCUT2D eigenvalue weighted by Crippen LogP contribution is -2.33. The average Bonchev–Trinajstić information content (AvgIpc) is 2.84. The predicted molar refractivity (Wildman–Crippen MR) is 66.9 cm³/mol. The molecule has 4 nitrogen and oxygen atoms in total. The quantitative estimate of drug-likeness (QED) is 0.822. The Labute approximate surface area is 106 Å². The predicted octanol–water partition coefficient (Wildman–Crippen LogP) is 1.47. The van der Waals surface area contributed by atoms with Crippen molar-refractivity contribution < 1.29 is 14.3 Å². The molecule has 1 aliphatic rings. The zero-order chi connectivity index (χ0) is 13.1. The number of carbonyl (C=O) groups is 2. The van der Waals surface area contributed by atoms with Gasteiger partial charge in [-0.2, -0.15) is 0 Å². The second kappa shape index (κ2) is 5.31. The van der Waals surface area contributed by atoms with E-state index in [0.717, 1.165) is 5.56 Å². The fraction of sp³-hybridized carbons (Fsp3) is 0.429. The standard InChI is InChI=1S/C14H17NO3/c1-9(16)11-8-12(14(17)18-2)15-13(11)10-6-4-3-5-7-10/h3-7,11-13,15H,8H2,1-2H3/t11-,12-,13-/m1/s1. The molecule has 0 spiro atoms. The summed E-state index contributed by atoms with van der Waals surface area (Å²) in [7, 11) is 1.36. The highest BCUT2D eigenvalue weighted by molar-refractivity contribution is 5.83. The maximum Gasteiger partial charge on any atom is 0.322 e. The van der Waals surface area contributed by atoms with Crippen molar-refractivity contribution in [3.05, 3.63) is 35.9 Å². The van der Waals surface area contributed by atoms with Gasteiger partial charge < -0.3 is 4.74 Å². The molecule has 1 N–H and O–H groups in total. The number of hydrogen-bond donors (Lipinski definition) is 1. The van der Waals surface area contributed by atoms with Crippen LogP contribution < -0.4 is 5.32 Å². The van der Waals surface area contributed by atoms with Gasteiger partial charge in [-0.25, -0.2) is 0 Å². The van der Waals surface area contributed by atoms with Crippen molar-refractivity contribution >= 4 is 11.8 Å². The van der Waals surface area contributed by atoms with Gasteiger partial charge in [-0.1, -0.05) is 30.3 Å². The fourth-order valence-electron chi connectivity index (χ4n) is 2.49. The number of hydrogen-bond acceptors (Lipinski definition) is 4. The molecule has 0 saturated carbocycles. The number of esters is 1. The first-order valence-corrected chi connectivity index (χ1v) is 6.02. The molecular formula is C14H17NO3. The van der Waals surface area contributed by atoms with Crippen LogP contribution in [0.25, 0.3) is 0 Å². The molecule has 1 aromatic rings. The molecule has 1 heterocycles. The molecule has 0 radical (unpaired) electrons. The first kappa shape index (κ1) is 12.8. The normalized spacial score (nSPS) is 26.9. The third-order valence-corrected chi connectivity index (χ3v) is 3.44. The maximum atomic E-state index is 11.7. The van der Waals surface area contributed by atoms with Crippen LogP contribution in [0.4, 0.5) is 0 Å². The molecule has 2 rings (SSSR count). The molecular weight excluding hydrogens is 230 g/mol. The van der Waals surface area contributed by atoms with Gasteiger partial charge in [0.1, 0.15) is 11.8 Å². The molecule has 0 amide bonds. The lowest BCUT2D eigenvalue weighted by molar-refractivity contribution is -0.142. The maximum absolute atomic E-state index is 11.7. The summed E-state index contributed by atoms with van der Waals surface area (Å²) >= 11 is 0. The largest absolute Gasteiger partial charge is 0.468 e. The van der Waals surface area contributed by atoms with Crippen molar-refractivity contribution in [3.8, 4) is 0 Å². The van der Waals surface area contributed by atoms with Gasteiger partial charge in [0.05, 0.1) is 7.11 Å². The van der Waals surface area contributed by atoms with Crippen molar-refractivity contribution in [1.82, 2.24) is 5.32 Å². The summed E-state index contributed by atoms with van der Waals surface area (Å²) in [5.74, 6) is -0.376. The van der Waals surface area contributed by atoms with Crippen molar-refractivity contribution in [2.45, 2.75) is 25.4 Å². The Morgan fingerprint density at radius 3 is 2.50 bits per heavy atom. The minimum atomic E-state index is -0.394. The van der Waals surface area contributed by atoms with Gasteiger partial charge in [0.15, 0.2) is 0 Å². The van der Waals surface area contributed by atoms with Gasteiger partial charge >= 0.3 is 5.97 Å². The number of ketones is 1. The molecule has 0 aromatic heterocycles. The summed E-state index contributed by atoms with van der Waals surface area (Å²) in [6.45, 7) is 1.57. The summed E-state index contributed by atoms with van der Waals surface area (Å²) < 4.78 is 4.73. The number of carbonyl (C=O) groups excluding carboxylic acids is 2. The Kier molecular flexibility index (Phi) is 3.77. The van der Waals surface area contributed by atoms with Gasteiger partial charge in [0.2, 0.25) is 0 Å². The third kappa shape index (κ3) is 2.43. The molecule has 1 saturated heterocycles. The Balaban J connectivity index is 2.23. The highest BCUT2D eigenvalue weighted by Gasteiger charge is 2.40. The summed E-state index contributed by atoms with van der Waals surface area (Å²) in [4.78, 5) is 23.3. The molecule has 1 aromatic carbocycles. The Morgan fingerprint density at radius 2 is 1.94 bits per heavy atom. The van der Waals surface area contributed by atoms with Crippen LogP contribution in [0.1, 0.15) is 24.9 Å². The zero-order valence-corrected chi connectivity index (χ0v) is 10.6. The van der Waals surface area contributed by atoms with Gasteiger partial charge in [0.25, 0.3) is 0 Å². The molecule has 96 valence electrons. The second-order valence-electron chi connectivity index (χ2n) is 4.58. The SMILES string of the molecule is COC(=O)[C@H]1C[C@H](C(C)=O)[C@@H](c2ccccc2)N1. The number of methoxy groups -OCH3 is 1. The first-order chi connectivity index (χ1) is 8.63. The Bertz CT molecular complexity index is 444. The van der Waals surface area contributed by atoms with Crippen LogP contribution in [0.5, 0.6) is 0 Å². The minimum Gasteiger partial charge on any atom is -0.468 e. The van der Waals surface area contributed by atoms with Gasteiger partial charge in [0, 0.05) is 12.0 Å². The second-order valence-corrected chi connectivity index (χ2v) is 4.58. The number of ether oxygens (including phenoxy) is 1. The first-order valence-electron chi connectivity index (χ1n) is 6.02. The van der Waals surface area contributed by atoms with Crippen LogP contribution in [-0.4, -0.2) is 24.9 Å². The number of rotatable bonds is 3. The van der Waals surface area contributed by atoms with E-state index in [1.54, 1.807) is 6.92 Å². The molecule has 0 unspecified atom stereocenters. The molecule has 1 aliphatic heterocycles. The zero-order valence-electron chi connectivity index (χ0n) is 10.6. The summed E-state index contributed by atoms with van der Waals surface area (Å²) in [5.41, 5.74) is 1.03. The summed E-state index contributed by atoms with van der Waals surface area (Å²) in [5, 5.41) is 3.19. The fourth-order valence-corrected chi connectivity index (χ4v) is 2.49. The van der Waals surface area contributed by atoms with Gasteiger partial charge in [-0.05, 0) is 18.9 Å². The third-order valence-electron chi connectivity index (χ3n) is 3.44. The van der Waals surface area contributed by atoms with Crippen molar-refractivity contribution in [2.24, 2.45) is 5.92 Å². The smallest absolute Gasteiger partial charge is 0.322 e. The molecule has 0 aliphatic carbocycles. The molecule has 4 heteroatoms. The van der Waals surface area contributed by atoms with Crippen molar-refractivity contribution in [2.75, 3.05) is 7.11 Å². The van der Waals surface area contributed by atoms with E-state index in [0.29, 0.717) is 6.42 Å². The van der Waals surface area contributed by atoms with Gasteiger partial charge in [-0.15, -0.1) is 0 Å². The van der Waals surface area contributed by atoms with Crippen LogP contribution in [0.3, 0.4) is 0 Å². The van der Waals surface area contributed by atoms with E-state index in [2.05, 4.69) is 5.32 Å². The number of nitrogens with one attached hydrogen (secondary N) is 1. The van der Waals surface area contributed by atoms with Crippen LogP contribution in [0, 0.1) is 5.92 Å². The Morgan fingerprint density at radius 1 is 1.28 bits per heavy atom. The molecule has 1 fully saturated rings. The summed E-state index contributed by atoms with van der Waals surface area (Å²) in [6.07, 6.45) is 0.502. The highest BCUT2D eigenvalue weighted by Crippen LogP contribution is 2.33. The van der Waals surface area contributed by atoms with E-state index >= 15 is 0 Å². The topological polar surface area (TPSA) is 55.4 Å². The minimum absolute atomic E-state index is 0.0998. The van der Waals surface area contributed by atoms with E-state index in [4.69, 9.17) is 4.74 Å². The Hall–Kier alpha value is -1.68. The van der Waals surface area contributed by atoms with Crippen LogP contribution in [0.15, 0.2) is 30.3 Å². The average molecular weight is 247 g/mol. The van der Waals surface area contributed by atoms with Crippen LogP contribution >= 0.6 is 0 Å². The van der Waals surface area contributed by atoms with Crippen molar-refractivity contribution in [1.29, 1.82) is 0 Å². The van der Waals surface area contributed by atoms with E-state index < -0.39 is 6.04 Å². The number of Topliss-reactive ketones (excluding diaryl/α,β-unsaturated/α-hetero) is 1. The lowest BCUT2D eigenvalue weighted by Gasteiger charge is -2.17. The van der Waals surface area contributed by atoms with Gasteiger partial charge in [-0.3, -0.25) is 14.9 Å². The van der Waals surface area contributed by atoms with Crippen molar-refractivity contribution in [3.63, 3.8) is 0 Å². The molecule has 3 atom stereocenters. The highest BCUT2D eigenvalue weighted by atomic mass is 16.5. The monoisotopic (exact) mass is 247 g/mol. The van der Waals surface area contributed by atoms with E-state index in [1.807, 2.05) is 30.3 Å². The van der Waals surface area contributed by atoms with Crippen LogP contribution in [-0.2, 0) is 14.3 Å². The molecule has 18 heavy (non-hydrogen) atoms. The summed E-state index contributed by atoms with van der Waals surface area (Å²) in [6, 6.07) is 9.22. The lowest BCUT2D eigenvalue weighted by atomic mass is 9.90. The molecule has 0 bridgehead atoms. The van der Waals surface area contributed by atoms with E-state index in [-0.39, 0.29) is 23.7 Å². The van der Waals surface area contributed by atoms with Crippen LogP contribution in [0.2, 0.25) is 0 Å². The van der Waals surface area contributed by atoms with E-state index in [9.17, 15) is 9.59 Å². The van der Waals surface area contributed by atoms with E-state index in [1.165, 1.54) is 7.11 Å². The number of benzene rings is 1.